The maximum atomic E-state index is 12.0. The topological polar surface area (TPSA) is 75.8 Å². The number of nitrogens with zero attached hydrogens (tertiary/aromatic N) is 3. The number of halogens is 2. The standard InChI is InChI=1S/C18H15Cl2N3O3/c1-10-7-12-3-5-14(19)9-15(12)18(21-22(10)11(2)24)13-4-6-17(23(25)26)16(20)8-13/h3-6,8-10H,7H2,1-2H3. The van der Waals surface area contributed by atoms with Gasteiger partial charge in [-0.1, -0.05) is 29.3 Å². The van der Waals surface area contributed by atoms with Crippen LogP contribution in [-0.2, 0) is 11.2 Å². The molecule has 0 bridgehead atoms. The van der Waals surface area contributed by atoms with Crippen molar-refractivity contribution in [2.75, 3.05) is 0 Å². The molecule has 1 amide bonds. The highest BCUT2D eigenvalue weighted by Crippen LogP contribution is 2.30. The Morgan fingerprint density at radius 3 is 2.62 bits per heavy atom. The van der Waals surface area contributed by atoms with Gasteiger partial charge < -0.3 is 0 Å². The lowest BCUT2D eigenvalue weighted by molar-refractivity contribution is -0.384. The summed E-state index contributed by atoms with van der Waals surface area (Å²) in [6.45, 7) is 3.36. The molecular formula is C18H15Cl2N3O3. The van der Waals surface area contributed by atoms with Crippen LogP contribution in [-0.4, -0.2) is 27.6 Å². The number of amides is 1. The van der Waals surface area contributed by atoms with Crippen molar-refractivity contribution in [3.8, 4) is 0 Å². The van der Waals surface area contributed by atoms with E-state index < -0.39 is 4.92 Å². The summed E-state index contributed by atoms with van der Waals surface area (Å²) >= 11 is 12.2. The molecule has 3 rings (SSSR count). The Hall–Kier alpha value is -2.44. The molecule has 0 aliphatic carbocycles. The highest BCUT2D eigenvalue weighted by molar-refractivity contribution is 6.33. The third-order valence-corrected chi connectivity index (χ3v) is 4.75. The van der Waals surface area contributed by atoms with E-state index in [9.17, 15) is 14.9 Å². The quantitative estimate of drug-likeness (QED) is 0.560. The van der Waals surface area contributed by atoms with Crippen LogP contribution in [0.15, 0.2) is 41.5 Å². The van der Waals surface area contributed by atoms with E-state index in [0.717, 1.165) is 11.1 Å². The van der Waals surface area contributed by atoms with E-state index >= 15 is 0 Å². The number of hydrogen-bond donors (Lipinski definition) is 0. The summed E-state index contributed by atoms with van der Waals surface area (Å²) in [5, 5.41) is 17.5. The van der Waals surface area contributed by atoms with Crippen molar-refractivity contribution >= 4 is 40.5 Å². The Kier molecular flexibility index (Phi) is 4.98. The van der Waals surface area contributed by atoms with Crippen molar-refractivity contribution < 1.29 is 9.72 Å². The molecule has 0 N–H and O–H groups in total. The highest BCUT2D eigenvalue weighted by atomic mass is 35.5. The third-order valence-electron chi connectivity index (χ3n) is 4.21. The molecule has 26 heavy (non-hydrogen) atoms. The van der Waals surface area contributed by atoms with Gasteiger partial charge in [0.2, 0.25) is 5.91 Å². The number of rotatable bonds is 2. The van der Waals surface area contributed by atoms with Crippen molar-refractivity contribution in [3.63, 3.8) is 0 Å². The van der Waals surface area contributed by atoms with Crippen molar-refractivity contribution in [1.29, 1.82) is 0 Å². The first kappa shape index (κ1) is 18.4. The number of nitro groups is 1. The first-order valence-corrected chi connectivity index (χ1v) is 8.65. The lowest BCUT2D eigenvalue weighted by Crippen LogP contribution is -2.33. The number of carbonyl (C=O) groups excluding carboxylic acids is 1. The summed E-state index contributed by atoms with van der Waals surface area (Å²) in [4.78, 5) is 22.5. The second-order valence-electron chi connectivity index (χ2n) is 6.09. The second kappa shape index (κ2) is 7.05. The zero-order chi connectivity index (χ0) is 19.0. The van der Waals surface area contributed by atoms with Gasteiger partial charge in [0.05, 0.1) is 16.7 Å². The van der Waals surface area contributed by atoms with Crippen LogP contribution in [0.3, 0.4) is 0 Å². The van der Waals surface area contributed by atoms with Crippen LogP contribution in [0.5, 0.6) is 0 Å². The van der Waals surface area contributed by atoms with Crippen molar-refractivity contribution in [3.05, 3.63) is 73.2 Å². The Morgan fingerprint density at radius 2 is 2.00 bits per heavy atom. The molecule has 1 atom stereocenters. The fourth-order valence-corrected chi connectivity index (χ4v) is 3.43. The minimum absolute atomic E-state index is 0.00504. The minimum atomic E-state index is -0.546. The lowest BCUT2D eigenvalue weighted by Gasteiger charge is -2.21. The van der Waals surface area contributed by atoms with Crippen LogP contribution in [0.4, 0.5) is 5.69 Å². The molecule has 1 unspecified atom stereocenters. The van der Waals surface area contributed by atoms with Crippen LogP contribution in [0, 0.1) is 10.1 Å². The molecule has 0 radical (unpaired) electrons. The van der Waals surface area contributed by atoms with Gasteiger partial charge in [-0.05, 0) is 43.2 Å². The molecule has 6 nitrogen and oxygen atoms in total. The van der Waals surface area contributed by atoms with Crippen LogP contribution in [0.1, 0.15) is 30.5 Å². The summed E-state index contributed by atoms with van der Waals surface area (Å²) in [5.74, 6) is -0.193. The average molecular weight is 392 g/mol. The molecule has 0 aromatic heterocycles. The lowest BCUT2D eigenvalue weighted by atomic mass is 9.94. The Balaban J connectivity index is 2.23. The minimum Gasteiger partial charge on any atom is -0.273 e. The number of hydrazone groups is 1. The highest BCUT2D eigenvalue weighted by Gasteiger charge is 2.26. The van der Waals surface area contributed by atoms with Gasteiger partial charge in [0, 0.05) is 29.1 Å². The number of nitro benzene ring substituents is 1. The smallest absolute Gasteiger partial charge is 0.273 e. The van der Waals surface area contributed by atoms with E-state index in [1.54, 1.807) is 18.2 Å². The molecule has 8 heteroatoms. The van der Waals surface area contributed by atoms with Gasteiger partial charge in [-0.2, -0.15) is 5.10 Å². The van der Waals surface area contributed by atoms with Crippen LogP contribution in [0.2, 0.25) is 10.0 Å². The first-order chi connectivity index (χ1) is 12.3. The molecule has 1 aliphatic rings. The number of hydrogen-bond acceptors (Lipinski definition) is 4. The normalized spacial score (nSPS) is 16.5. The van der Waals surface area contributed by atoms with E-state index in [0.29, 0.717) is 22.7 Å². The van der Waals surface area contributed by atoms with Crippen LogP contribution in [0.25, 0.3) is 0 Å². The molecule has 1 aliphatic heterocycles. The summed E-state index contributed by atoms with van der Waals surface area (Å²) < 4.78 is 0. The number of carbonyl (C=O) groups is 1. The van der Waals surface area contributed by atoms with E-state index in [4.69, 9.17) is 23.2 Å². The summed E-state index contributed by atoms with van der Waals surface area (Å²) in [6, 6.07) is 9.72. The molecule has 2 aromatic carbocycles. The molecule has 0 saturated heterocycles. The van der Waals surface area contributed by atoms with Crippen molar-refractivity contribution in [2.45, 2.75) is 26.3 Å². The van der Waals surface area contributed by atoms with E-state index in [1.807, 2.05) is 13.0 Å². The van der Waals surface area contributed by atoms with E-state index in [1.165, 1.54) is 24.1 Å². The van der Waals surface area contributed by atoms with Gasteiger partial charge in [-0.15, -0.1) is 0 Å². The Morgan fingerprint density at radius 1 is 1.27 bits per heavy atom. The maximum absolute atomic E-state index is 12.0. The zero-order valence-electron chi connectivity index (χ0n) is 14.1. The molecule has 134 valence electrons. The second-order valence-corrected chi connectivity index (χ2v) is 6.93. The van der Waals surface area contributed by atoms with Gasteiger partial charge >= 0.3 is 0 Å². The van der Waals surface area contributed by atoms with Crippen molar-refractivity contribution in [2.24, 2.45) is 5.10 Å². The van der Waals surface area contributed by atoms with Gasteiger partial charge in [-0.25, -0.2) is 5.01 Å². The van der Waals surface area contributed by atoms with Crippen LogP contribution < -0.4 is 0 Å². The SMILES string of the molecule is CC(=O)N1N=C(c2ccc([N+](=O)[O-])c(Cl)c2)c2cc(Cl)ccc2CC1C. The number of fused-ring (bicyclic) bond motifs is 1. The molecule has 0 fully saturated rings. The fourth-order valence-electron chi connectivity index (χ4n) is 3.01. The summed E-state index contributed by atoms with van der Waals surface area (Å²) in [6.07, 6.45) is 0.611. The van der Waals surface area contributed by atoms with Gasteiger partial charge in [0.15, 0.2) is 0 Å². The van der Waals surface area contributed by atoms with E-state index in [-0.39, 0.29) is 22.7 Å². The first-order valence-electron chi connectivity index (χ1n) is 7.89. The van der Waals surface area contributed by atoms with Gasteiger partial charge in [0.25, 0.3) is 5.69 Å². The van der Waals surface area contributed by atoms with Crippen molar-refractivity contribution in [1.82, 2.24) is 5.01 Å². The summed E-state index contributed by atoms with van der Waals surface area (Å²) in [7, 11) is 0. The fraction of sp³-hybridized carbons (Fsp3) is 0.222. The predicted octanol–water partition coefficient (Wildman–Crippen LogP) is 4.45. The monoisotopic (exact) mass is 391 g/mol. The summed E-state index contributed by atoms with van der Waals surface area (Å²) in [5.41, 5.74) is 2.65. The predicted molar refractivity (Wildman–Crippen MR) is 101 cm³/mol. The Bertz CT molecular complexity index is 943. The molecule has 0 saturated carbocycles. The number of benzene rings is 2. The van der Waals surface area contributed by atoms with Gasteiger partial charge in [0.1, 0.15) is 5.02 Å². The molecule has 1 heterocycles. The maximum Gasteiger partial charge on any atom is 0.287 e. The Labute approximate surface area is 160 Å². The van der Waals surface area contributed by atoms with E-state index in [2.05, 4.69) is 5.10 Å². The zero-order valence-corrected chi connectivity index (χ0v) is 15.6. The molecule has 0 spiro atoms. The van der Waals surface area contributed by atoms with Crippen LogP contribution >= 0.6 is 23.2 Å². The molecular weight excluding hydrogens is 377 g/mol. The largest absolute Gasteiger partial charge is 0.287 e. The van der Waals surface area contributed by atoms with Gasteiger partial charge in [-0.3, -0.25) is 14.9 Å². The third kappa shape index (κ3) is 3.43. The molecule has 2 aromatic rings. The average Bonchev–Trinajstić information content (AvgIpc) is 2.70.